The number of halogens is 1. The fraction of sp³-hybridized carbons (Fsp3) is 0.182. The molecule has 1 N–H and O–H groups in total. The van der Waals surface area contributed by atoms with Crippen molar-refractivity contribution in [2.45, 2.75) is 0 Å². The first-order chi connectivity index (χ1) is 15.4. The van der Waals surface area contributed by atoms with Gasteiger partial charge in [0.15, 0.2) is 5.76 Å². The summed E-state index contributed by atoms with van der Waals surface area (Å²) in [5.74, 6) is -1.34. The quantitative estimate of drug-likeness (QED) is 0.460. The van der Waals surface area contributed by atoms with E-state index in [1.165, 1.54) is 6.07 Å². The Bertz CT molecular complexity index is 1160. The maximum atomic E-state index is 12.7. The Hall–Kier alpha value is -3.85. The van der Waals surface area contributed by atoms with Crippen molar-refractivity contribution in [2.75, 3.05) is 36.4 Å². The van der Waals surface area contributed by atoms with E-state index >= 15 is 0 Å². The molecule has 1 fully saturated rings. The number of hydrogen-bond acceptors (Lipinski definition) is 6. The maximum Gasteiger partial charge on any atom is 0.433 e. The summed E-state index contributed by atoms with van der Waals surface area (Å²) in [5, 5.41) is 13.9. The van der Waals surface area contributed by atoms with Crippen molar-refractivity contribution in [3.05, 3.63) is 87.1 Å². The minimum atomic E-state index is -0.711. The van der Waals surface area contributed by atoms with Gasteiger partial charge < -0.3 is 19.5 Å². The second-order valence-electron chi connectivity index (χ2n) is 7.16. The molecule has 2 aromatic carbocycles. The van der Waals surface area contributed by atoms with Crippen molar-refractivity contribution in [1.29, 1.82) is 0 Å². The standard InChI is InChI=1S/C22H19ClN4O5/c23-16-6-7-18(17(14-16)24-21(28)19-8-9-20(32-19)27(30)31)25-10-12-26(13-11-25)22(29)15-4-2-1-3-5-15/h1-9,14H,10-13H2,(H,24,28). The smallest absolute Gasteiger partial charge is 0.395 e. The third-order valence-electron chi connectivity index (χ3n) is 5.13. The molecule has 0 spiro atoms. The topological polar surface area (TPSA) is 109 Å². The molecule has 1 aliphatic rings. The Kier molecular flexibility index (Phi) is 6.09. The average Bonchev–Trinajstić information content (AvgIpc) is 3.31. The lowest BCUT2D eigenvalue weighted by Crippen LogP contribution is -2.49. The van der Waals surface area contributed by atoms with Crippen LogP contribution in [0, 0.1) is 10.1 Å². The zero-order chi connectivity index (χ0) is 22.7. The van der Waals surface area contributed by atoms with Gasteiger partial charge in [0.2, 0.25) is 0 Å². The number of nitrogens with zero attached hydrogens (tertiary/aromatic N) is 3. The van der Waals surface area contributed by atoms with Gasteiger partial charge >= 0.3 is 5.88 Å². The number of furan rings is 1. The van der Waals surface area contributed by atoms with Gasteiger partial charge in [-0.3, -0.25) is 19.7 Å². The van der Waals surface area contributed by atoms with E-state index in [1.807, 2.05) is 23.1 Å². The monoisotopic (exact) mass is 454 g/mol. The summed E-state index contributed by atoms with van der Waals surface area (Å²) >= 11 is 6.13. The zero-order valence-corrected chi connectivity index (χ0v) is 17.6. The van der Waals surface area contributed by atoms with Gasteiger partial charge in [0.05, 0.1) is 17.4 Å². The number of carbonyl (C=O) groups is 2. The van der Waals surface area contributed by atoms with Crippen LogP contribution in [0.1, 0.15) is 20.9 Å². The fourth-order valence-electron chi connectivity index (χ4n) is 3.53. The van der Waals surface area contributed by atoms with Gasteiger partial charge in [0, 0.05) is 36.8 Å². The van der Waals surface area contributed by atoms with E-state index in [1.54, 1.807) is 35.2 Å². The van der Waals surface area contributed by atoms with E-state index < -0.39 is 16.7 Å². The molecular formula is C22H19ClN4O5. The van der Waals surface area contributed by atoms with E-state index in [-0.39, 0.29) is 11.7 Å². The predicted octanol–water partition coefficient (Wildman–Crippen LogP) is 4.06. The summed E-state index contributed by atoms with van der Waals surface area (Å²) in [6.07, 6.45) is 0. The summed E-state index contributed by atoms with van der Waals surface area (Å²) in [6.45, 7) is 2.17. The molecule has 164 valence electrons. The van der Waals surface area contributed by atoms with Gasteiger partial charge in [-0.25, -0.2) is 0 Å². The van der Waals surface area contributed by atoms with Crippen LogP contribution in [-0.2, 0) is 0 Å². The minimum Gasteiger partial charge on any atom is -0.395 e. The van der Waals surface area contributed by atoms with Crippen molar-refractivity contribution in [3.63, 3.8) is 0 Å². The molecule has 0 radical (unpaired) electrons. The molecule has 0 bridgehead atoms. The van der Waals surface area contributed by atoms with Crippen molar-refractivity contribution >= 4 is 40.7 Å². The first kappa shape index (κ1) is 21.4. The molecule has 4 rings (SSSR count). The van der Waals surface area contributed by atoms with Crippen molar-refractivity contribution in [1.82, 2.24) is 4.90 Å². The van der Waals surface area contributed by atoms with Crippen molar-refractivity contribution < 1.29 is 18.9 Å². The maximum absolute atomic E-state index is 12.7. The molecule has 9 nitrogen and oxygen atoms in total. The SMILES string of the molecule is O=C(Nc1cc(Cl)ccc1N1CCN(C(=O)c2ccccc2)CC1)c1ccc([N+](=O)[O-])o1. The number of benzene rings is 2. The molecule has 10 heteroatoms. The Morgan fingerprint density at radius 1 is 1.00 bits per heavy atom. The third kappa shape index (κ3) is 4.57. The molecule has 2 heterocycles. The molecule has 1 aromatic heterocycles. The Balaban J connectivity index is 1.47. The van der Waals surface area contributed by atoms with E-state index in [0.29, 0.717) is 42.5 Å². The highest BCUT2D eigenvalue weighted by Gasteiger charge is 2.25. The Morgan fingerprint density at radius 2 is 1.72 bits per heavy atom. The van der Waals surface area contributed by atoms with Gasteiger partial charge in [0.1, 0.15) is 4.92 Å². The highest BCUT2D eigenvalue weighted by Crippen LogP contribution is 2.31. The van der Waals surface area contributed by atoms with Crippen LogP contribution >= 0.6 is 11.6 Å². The summed E-state index contributed by atoms with van der Waals surface area (Å²) in [7, 11) is 0. The lowest BCUT2D eigenvalue weighted by atomic mass is 10.1. The van der Waals surface area contributed by atoms with Gasteiger partial charge in [-0.1, -0.05) is 29.8 Å². The van der Waals surface area contributed by atoms with Crippen molar-refractivity contribution in [2.24, 2.45) is 0 Å². The molecule has 32 heavy (non-hydrogen) atoms. The highest BCUT2D eigenvalue weighted by atomic mass is 35.5. The van der Waals surface area contributed by atoms with E-state index in [9.17, 15) is 19.7 Å². The van der Waals surface area contributed by atoms with Crippen LogP contribution < -0.4 is 10.2 Å². The fourth-order valence-corrected chi connectivity index (χ4v) is 3.70. The molecule has 1 aliphatic heterocycles. The minimum absolute atomic E-state index is 0.0192. The van der Waals surface area contributed by atoms with Crippen LogP contribution in [0.15, 0.2) is 65.1 Å². The number of rotatable bonds is 5. The average molecular weight is 455 g/mol. The lowest BCUT2D eigenvalue weighted by Gasteiger charge is -2.37. The van der Waals surface area contributed by atoms with Gasteiger partial charge in [0.25, 0.3) is 11.8 Å². The van der Waals surface area contributed by atoms with E-state index in [2.05, 4.69) is 5.32 Å². The van der Waals surface area contributed by atoms with Crippen LogP contribution in [0.3, 0.4) is 0 Å². The Labute approximate surface area is 188 Å². The number of nitrogens with one attached hydrogen (secondary N) is 1. The number of hydrogen-bond donors (Lipinski definition) is 1. The number of nitro groups is 1. The first-order valence-electron chi connectivity index (χ1n) is 9.87. The van der Waals surface area contributed by atoms with Crippen molar-refractivity contribution in [3.8, 4) is 0 Å². The molecule has 0 unspecified atom stereocenters. The molecule has 2 amide bonds. The number of anilines is 2. The molecule has 3 aromatic rings. The first-order valence-corrected chi connectivity index (χ1v) is 10.2. The van der Waals surface area contributed by atoms with Gasteiger partial charge in [-0.15, -0.1) is 0 Å². The van der Waals surface area contributed by atoms with Crippen LogP contribution in [-0.4, -0.2) is 47.8 Å². The molecule has 0 aliphatic carbocycles. The van der Waals surface area contributed by atoms with Gasteiger partial charge in [-0.05, 0) is 36.4 Å². The summed E-state index contributed by atoms with van der Waals surface area (Å²) in [4.78, 5) is 39.2. The van der Waals surface area contributed by atoms with Gasteiger partial charge in [-0.2, -0.15) is 0 Å². The molecule has 1 saturated heterocycles. The summed E-state index contributed by atoms with van der Waals surface area (Å²) in [6, 6.07) is 16.6. The largest absolute Gasteiger partial charge is 0.433 e. The van der Waals surface area contributed by atoms with E-state index in [0.717, 1.165) is 11.8 Å². The van der Waals surface area contributed by atoms with E-state index in [4.69, 9.17) is 16.0 Å². The second kappa shape index (κ2) is 9.11. The summed E-state index contributed by atoms with van der Waals surface area (Å²) < 4.78 is 4.98. The number of amides is 2. The zero-order valence-electron chi connectivity index (χ0n) is 16.9. The highest BCUT2D eigenvalue weighted by molar-refractivity contribution is 6.31. The van der Waals surface area contributed by atoms with Crippen LogP contribution in [0.2, 0.25) is 5.02 Å². The molecule has 0 atom stereocenters. The Morgan fingerprint density at radius 3 is 2.38 bits per heavy atom. The van der Waals surface area contributed by atoms with Crippen LogP contribution in [0.25, 0.3) is 0 Å². The third-order valence-corrected chi connectivity index (χ3v) is 5.37. The predicted molar refractivity (Wildman–Crippen MR) is 119 cm³/mol. The van der Waals surface area contributed by atoms with Crippen LogP contribution in [0.4, 0.5) is 17.3 Å². The summed E-state index contributed by atoms with van der Waals surface area (Å²) in [5.41, 5.74) is 1.83. The molecule has 0 saturated carbocycles. The normalized spacial score (nSPS) is 13.7. The molecular weight excluding hydrogens is 436 g/mol. The second-order valence-corrected chi connectivity index (χ2v) is 7.59. The number of carbonyl (C=O) groups excluding carboxylic acids is 2. The lowest BCUT2D eigenvalue weighted by molar-refractivity contribution is -0.402. The number of piperazine rings is 1. The van der Waals surface area contributed by atoms with Crippen LogP contribution in [0.5, 0.6) is 0 Å².